The van der Waals surface area contributed by atoms with Gasteiger partial charge in [0, 0.05) is 25.8 Å². The van der Waals surface area contributed by atoms with Crippen molar-refractivity contribution >= 4 is 43.5 Å². The Hall–Kier alpha value is -2.67. The largest absolute Gasteiger partial charge is 0.369 e. The van der Waals surface area contributed by atoms with E-state index in [-0.39, 0.29) is 0 Å². The van der Waals surface area contributed by atoms with Crippen molar-refractivity contribution < 1.29 is 0 Å². The minimum Gasteiger partial charge on any atom is -0.369 e. The molecule has 1 fully saturated rings. The first-order valence-corrected chi connectivity index (χ1v) is 10.2. The van der Waals surface area contributed by atoms with E-state index in [2.05, 4.69) is 56.4 Å². The number of nitrogens with zero attached hydrogens (tertiary/aromatic N) is 4. The number of thiazole rings is 1. The van der Waals surface area contributed by atoms with Gasteiger partial charge in [-0.2, -0.15) is 0 Å². The van der Waals surface area contributed by atoms with Crippen molar-refractivity contribution in [1.82, 2.24) is 19.9 Å². The summed E-state index contributed by atoms with van der Waals surface area (Å²) in [5.74, 6) is 2.13. The van der Waals surface area contributed by atoms with E-state index in [1.54, 1.807) is 17.7 Å². The molecule has 0 radical (unpaired) electrons. The fourth-order valence-corrected chi connectivity index (χ4v) is 4.83. The van der Waals surface area contributed by atoms with Crippen LogP contribution in [0.2, 0.25) is 0 Å². The third-order valence-electron chi connectivity index (χ3n) is 5.55. The molecule has 1 aliphatic heterocycles. The highest BCUT2D eigenvalue weighted by molar-refractivity contribution is 7.22. The maximum absolute atomic E-state index is 4.85. The Morgan fingerprint density at radius 2 is 2.19 bits per heavy atom. The van der Waals surface area contributed by atoms with Crippen LogP contribution >= 0.6 is 11.3 Å². The third-order valence-corrected chi connectivity index (χ3v) is 6.65. The maximum Gasteiger partial charge on any atom is 0.186 e. The highest BCUT2D eigenvalue weighted by atomic mass is 32.1. The normalized spacial score (nSPS) is 20.4. The predicted molar refractivity (Wildman–Crippen MR) is 111 cm³/mol. The number of para-hydroxylation sites is 1. The second kappa shape index (κ2) is 6.81. The van der Waals surface area contributed by atoms with Gasteiger partial charge in [0.15, 0.2) is 5.13 Å². The first-order valence-electron chi connectivity index (χ1n) is 9.40. The van der Waals surface area contributed by atoms with Crippen molar-refractivity contribution in [3.05, 3.63) is 42.9 Å². The Balaban J connectivity index is 1.32. The van der Waals surface area contributed by atoms with E-state index in [0.717, 1.165) is 47.1 Å². The molecule has 0 saturated carbocycles. The smallest absolute Gasteiger partial charge is 0.186 e. The Morgan fingerprint density at radius 1 is 1.26 bits per heavy atom. The number of benzene rings is 1. The van der Waals surface area contributed by atoms with Gasteiger partial charge in [0.1, 0.15) is 17.8 Å². The predicted octanol–water partition coefficient (Wildman–Crippen LogP) is 4.14. The second-order valence-electron chi connectivity index (χ2n) is 7.28. The maximum atomic E-state index is 4.85. The molecular weight excluding hydrogens is 356 g/mol. The molecule has 0 amide bonds. The highest BCUT2D eigenvalue weighted by Gasteiger charge is 2.28. The van der Waals surface area contributed by atoms with E-state index >= 15 is 0 Å². The Morgan fingerprint density at radius 3 is 3.11 bits per heavy atom. The Labute approximate surface area is 161 Å². The number of anilines is 2. The van der Waals surface area contributed by atoms with Gasteiger partial charge in [-0.15, -0.1) is 0 Å². The number of H-pyrrole nitrogens is 1. The molecular formula is C20H22N6S. The van der Waals surface area contributed by atoms with E-state index in [1.807, 2.05) is 12.3 Å². The van der Waals surface area contributed by atoms with E-state index in [4.69, 9.17) is 4.98 Å². The fourth-order valence-electron chi connectivity index (χ4n) is 3.83. The Kier molecular flexibility index (Phi) is 4.16. The van der Waals surface area contributed by atoms with E-state index in [1.165, 1.54) is 11.1 Å². The van der Waals surface area contributed by atoms with Crippen LogP contribution < -0.4 is 10.2 Å². The zero-order valence-electron chi connectivity index (χ0n) is 15.2. The molecule has 6 nitrogen and oxygen atoms in total. The molecule has 4 aromatic rings. The molecule has 1 aromatic carbocycles. The number of hydrogen-bond acceptors (Lipinski definition) is 6. The molecule has 0 bridgehead atoms. The minimum atomic E-state index is 0.551. The van der Waals surface area contributed by atoms with Crippen LogP contribution in [-0.2, 0) is 0 Å². The van der Waals surface area contributed by atoms with E-state index < -0.39 is 0 Å². The lowest BCUT2D eigenvalue weighted by atomic mass is 9.87. The number of piperidine rings is 1. The summed E-state index contributed by atoms with van der Waals surface area (Å²) in [4.78, 5) is 19.1. The van der Waals surface area contributed by atoms with Gasteiger partial charge in [0.25, 0.3) is 0 Å². The topological polar surface area (TPSA) is 69.7 Å². The summed E-state index contributed by atoms with van der Waals surface area (Å²) in [5.41, 5.74) is 1.97. The number of hydrogen-bond donors (Lipinski definition) is 2. The summed E-state index contributed by atoms with van der Waals surface area (Å²) >= 11 is 1.79. The molecule has 2 atom stereocenters. The van der Waals surface area contributed by atoms with E-state index in [9.17, 15) is 0 Å². The van der Waals surface area contributed by atoms with Crippen LogP contribution in [0.15, 0.2) is 42.9 Å². The van der Waals surface area contributed by atoms with Gasteiger partial charge in [0.05, 0.1) is 15.6 Å². The number of aromatic amines is 1. The molecule has 3 aromatic heterocycles. The van der Waals surface area contributed by atoms with Crippen LogP contribution in [0.25, 0.3) is 21.3 Å². The standard InChI is InChI=1S/C20H22N6S/c1-13-7-9-26(20-25-16-4-2-3-5-17(16)27-20)11-14(13)10-22-19-15-6-8-21-18(15)23-12-24-19/h2-6,8,12-14H,7,9-11H2,1H3,(H2,21,22,23,24). The Bertz CT molecular complexity index is 1040. The monoisotopic (exact) mass is 378 g/mol. The summed E-state index contributed by atoms with van der Waals surface area (Å²) in [6.07, 6.45) is 4.70. The van der Waals surface area contributed by atoms with Gasteiger partial charge < -0.3 is 15.2 Å². The molecule has 1 aliphatic rings. The highest BCUT2D eigenvalue weighted by Crippen LogP contribution is 2.33. The van der Waals surface area contributed by atoms with E-state index in [0.29, 0.717) is 11.8 Å². The summed E-state index contributed by atoms with van der Waals surface area (Å²) < 4.78 is 1.26. The van der Waals surface area contributed by atoms with Crippen molar-refractivity contribution in [3.8, 4) is 0 Å². The number of nitrogens with one attached hydrogen (secondary N) is 2. The zero-order valence-corrected chi connectivity index (χ0v) is 16.0. The van der Waals surface area contributed by atoms with Crippen molar-refractivity contribution in [2.45, 2.75) is 13.3 Å². The first kappa shape index (κ1) is 16.5. The average molecular weight is 379 g/mol. The van der Waals surface area contributed by atoms with Crippen molar-refractivity contribution in [3.63, 3.8) is 0 Å². The van der Waals surface area contributed by atoms with Crippen LogP contribution in [0.4, 0.5) is 10.9 Å². The quantitative estimate of drug-likeness (QED) is 0.558. The van der Waals surface area contributed by atoms with Gasteiger partial charge >= 0.3 is 0 Å². The number of rotatable bonds is 4. The van der Waals surface area contributed by atoms with Crippen molar-refractivity contribution in [2.24, 2.45) is 11.8 Å². The van der Waals surface area contributed by atoms with Gasteiger partial charge in [-0.3, -0.25) is 0 Å². The van der Waals surface area contributed by atoms with Crippen LogP contribution in [0.3, 0.4) is 0 Å². The molecule has 2 unspecified atom stereocenters. The summed E-state index contributed by atoms with van der Waals surface area (Å²) in [6, 6.07) is 10.4. The summed E-state index contributed by atoms with van der Waals surface area (Å²) in [7, 11) is 0. The van der Waals surface area contributed by atoms with Gasteiger partial charge in [0.2, 0.25) is 0 Å². The zero-order chi connectivity index (χ0) is 18.2. The molecule has 138 valence electrons. The molecule has 2 N–H and O–H groups in total. The molecule has 0 spiro atoms. The second-order valence-corrected chi connectivity index (χ2v) is 8.29. The van der Waals surface area contributed by atoms with Crippen molar-refractivity contribution in [2.75, 3.05) is 29.9 Å². The fraction of sp³-hybridized carbons (Fsp3) is 0.350. The van der Waals surface area contributed by atoms with Gasteiger partial charge in [-0.25, -0.2) is 15.0 Å². The lowest BCUT2D eigenvalue weighted by molar-refractivity contribution is 0.314. The summed E-state index contributed by atoms with van der Waals surface area (Å²) in [6.45, 7) is 5.36. The number of aromatic nitrogens is 4. The first-order chi connectivity index (χ1) is 13.3. The summed E-state index contributed by atoms with van der Waals surface area (Å²) in [5, 5.41) is 5.74. The minimum absolute atomic E-state index is 0.551. The SMILES string of the molecule is CC1CCN(c2nc3ccccc3s2)CC1CNc1ncnc2[nH]ccc12. The molecule has 4 heterocycles. The molecule has 1 saturated heterocycles. The molecule has 5 rings (SSSR count). The molecule has 7 heteroatoms. The van der Waals surface area contributed by atoms with Gasteiger partial charge in [-0.1, -0.05) is 30.4 Å². The van der Waals surface area contributed by atoms with Crippen LogP contribution in [0.5, 0.6) is 0 Å². The van der Waals surface area contributed by atoms with Crippen LogP contribution in [-0.4, -0.2) is 39.6 Å². The molecule has 27 heavy (non-hydrogen) atoms. The van der Waals surface area contributed by atoms with Gasteiger partial charge in [-0.05, 0) is 36.5 Å². The third kappa shape index (κ3) is 3.12. The average Bonchev–Trinajstić information content (AvgIpc) is 3.34. The van der Waals surface area contributed by atoms with Crippen molar-refractivity contribution in [1.29, 1.82) is 0 Å². The lowest BCUT2D eigenvalue weighted by Gasteiger charge is -2.37. The van der Waals surface area contributed by atoms with Crippen LogP contribution in [0.1, 0.15) is 13.3 Å². The number of fused-ring (bicyclic) bond motifs is 2. The molecule has 0 aliphatic carbocycles. The van der Waals surface area contributed by atoms with Crippen LogP contribution in [0, 0.1) is 11.8 Å². The lowest BCUT2D eigenvalue weighted by Crippen LogP contribution is -2.42.